The molecule has 0 amide bonds. The fourth-order valence-electron chi connectivity index (χ4n) is 1.80. The van der Waals surface area contributed by atoms with E-state index in [4.69, 9.17) is 19.1 Å². The van der Waals surface area contributed by atoms with Gasteiger partial charge in [0.25, 0.3) is 6.43 Å². The average Bonchev–Trinajstić information content (AvgIpc) is 2.95. The highest BCUT2D eigenvalue weighted by molar-refractivity contribution is 5.87. The quantitative estimate of drug-likeness (QED) is 0.914. The maximum atomic E-state index is 12.9. The molecule has 0 saturated heterocycles. The van der Waals surface area contributed by atoms with Crippen molar-refractivity contribution in [1.82, 2.24) is 5.16 Å². The van der Waals surface area contributed by atoms with E-state index in [0.717, 1.165) is 18.2 Å². The van der Waals surface area contributed by atoms with Crippen LogP contribution in [0, 0.1) is 0 Å². The molecule has 2 rings (SSSR count). The van der Waals surface area contributed by atoms with Gasteiger partial charge in [0.05, 0.1) is 19.8 Å². The first-order valence-electron chi connectivity index (χ1n) is 5.72. The van der Waals surface area contributed by atoms with Crippen molar-refractivity contribution in [3.05, 3.63) is 29.5 Å². The second-order valence-electron chi connectivity index (χ2n) is 3.99. The number of carboxylic acids is 1. The minimum atomic E-state index is -2.73. The van der Waals surface area contributed by atoms with Gasteiger partial charge in [-0.2, -0.15) is 0 Å². The molecule has 0 atom stereocenters. The van der Waals surface area contributed by atoms with Crippen molar-refractivity contribution in [1.29, 1.82) is 0 Å². The third-order valence-corrected chi connectivity index (χ3v) is 2.75. The zero-order chi connectivity index (χ0) is 15.6. The Balaban J connectivity index is 2.63. The molecule has 0 unspecified atom stereocenters. The van der Waals surface area contributed by atoms with Crippen molar-refractivity contribution in [3.63, 3.8) is 0 Å². The van der Waals surface area contributed by atoms with Gasteiger partial charge in [-0.05, 0) is 12.1 Å². The summed E-state index contributed by atoms with van der Waals surface area (Å²) in [7, 11) is 2.64. The Kier molecular flexibility index (Phi) is 4.06. The van der Waals surface area contributed by atoms with Crippen LogP contribution in [-0.4, -0.2) is 30.5 Å². The van der Waals surface area contributed by atoms with Crippen molar-refractivity contribution < 1.29 is 32.7 Å². The summed E-state index contributed by atoms with van der Waals surface area (Å²) in [6.45, 7) is 0. The number of benzene rings is 1. The summed E-state index contributed by atoms with van der Waals surface area (Å²) >= 11 is 0. The molecule has 0 saturated carbocycles. The van der Waals surface area contributed by atoms with Gasteiger partial charge in [-0.3, -0.25) is 0 Å². The number of carbonyl (C=O) groups is 1. The third-order valence-electron chi connectivity index (χ3n) is 2.75. The van der Waals surface area contributed by atoms with Gasteiger partial charge >= 0.3 is 5.97 Å². The minimum Gasteiger partial charge on any atom is -0.493 e. The highest BCUT2D eigenvalue weighted by Gasteiger charge is 2.22. The highest BCUT2D eigenvalue weighted by atomic mass is 19.3. The molecule has 0 radical (unpaired) electrons. The second kappa shape index (κ2) is 5.78. The normalized spacial score (nSPS) is 10.7. The first kappa shape index (κ1) is 14.8. The lowest BCUT2D eigenvalue weighted by molar-refractivity contribution is 0.0685. The summed E-state index contributed by atoms with van der Waals surface area (Å²) in [6, 6.07) is 3.40. The molecule has 0 aliphatic heterocycles. The van der Waals surface area contributed by atoms with E-state index in [0.29, 0.717) is 0 Å². The number of hydrogen-bond donors (Lipinski definition) is 1. The van der Waals surface area contributed by atoms with E-state index < -0.39 is 12.4 Å². The van der Waals surface area contributed by atoms with E-state index in [1.165, 1.54) is 14.2 Å². The van der Waals surface area contributed by atoms with Crippen LogP contribution in [0.2, 0.25) is 0 Å². The van der Waals surface area contributed by atoms with Gasteiger partial charge in [0.2, 0.25) is 0 Å². The summed E-state index contributed by atoms with van der Waals surface area (Å²) in [5.41, 5.74) is -0.517. The molecular formula is C13H11F2NO5. The van der Waals surface area contributed by atoms with Gasteiger partial charge in [-0.15, -0.1) is 0 Å². The first-order chi connectivity index (χ1) is 9.97. The molecule has 8 heteroatoms. The van der Waals surface area contributed by atoms with Crippen LogP contribution < -0.4 is 9.47 Å². The molecule has 0 aliphatic carbocycles. The van der Waals surface area contributed by atoms with Gasteiger partial charge in [-0.1, -0.05) is 5.16 Å². The van der Waals surface area contributed by atoms with Crippen LogP contribution in [0.1, 0.15) is 22.5 Å². The summed E-state index contributed by atoms with van der Waals surface area (Å²) in [6.07, 6.45) is -2.73. The van der Waals surface area contributed by atoms with Crippen LogP contribution in [0.25, 0.3) is 11.3 Å². The largest absolute Gasteiger partial charge is 0.493 e. The first-order valence-corrected chi connectivity index (χ1v) is 5.72. The van der Waals surface area contributed by atoms with Crippen LogP contribution in [0.3, 0.4) is 0 Å². The number of carboxylic acid groups (broad SMARTS) is 1. The molecule has 21 heavy (non-hydrogen) atoms. The third kappa shape index (κ3) is 2.78. The fourth-order valence-corrected chi connectivity index (χ4v) is 1.80. The number of methoxy groups -OCH3 is 2. The number of hydrogen-bond acceptors (Lipinski definition) is 5. The Morgan fingerprint density at radius 3 is 2.48 bits per heavy atom. The van der Waals surface area contributed by atoms with E-state index in [2.05, 4.69) is 5.16 Å². The number of ether oxygens (including phenoxy) is 2. The van der Waals surface area contributed by atoms with Gasteiger partial charge in [-0.25, -0.2) is 13.6 Å². The number of aromatic nitrogens is 1. The number of aromatic carboxylic acids is 1. The topological polar surface area (TPSA) is 81.8 Å². The smallest absolute Gasteiger partial charge is 0.358 e. The lowest BCUT2D eigenvalue weighted by atomic mass is 10.1. The van der Waals surface area contributed by atoms with Crippen molar-refractivity contribution in [3.8, 4) is 22.8 Å². The Morgan fingerprint density at radius 1 is 1.29 bits per heavy atom. The predicted octanol–water partition coefficient (Wildman–Crippen LogP) is 2.99. The SMILES string of the molecule is COc1cc(C(F)F)cc(-c2cc(C(=O)O)no2)c1OC. The molecule has 2 aromatic rings. The molecule has 0 aliphatic rings. The summed E-state index contributed by atoms with van der Waals surface area (Å²) < 4.78 is 40.8. The van der Waals surface area contributed by atoms with E-state index in [1.807, 2.05) is 0 Å². The van der Waals surface area contributed by atoms with Gasteiger partial charge < -0.3 is 19.1 Å². The summed E-state index contributed by atoms with van der Waals surface area (Å²) in [5, 5.41) is 12.2. The van der Waals surface area contributed by atoms with E-state index in [-0.39, 0.29) is 34.1 Å². The van der Waals surface area contributed by atoms with Crippen molar-refractivity contribution in [2.24, 2.45) is 0 Å². The summed E-state index contributed by atoms with van der Waals surface area (Å²) in [4.78, 5) is 10.8. The maximum Gasteiger partial charge on any atom is 0.358 e. The molecule has 1 heterocycles. The average molecular weight is 299 g/mol. The van der Waals surface area contributed by atoms with Crippen molar-refractivity contribution in [2.75, 3.05) is 14.2 Å². The monoisotopic (exact) mass is 299 g/mol. The molecule has 112 valence electrons. The lowest BCUT2D eigenvalue weighted by Crippen LogP contribution is -1.96. The van der Waals surface area contributed by atoms with Crippen LogP contribution in [0.5, 0.6) is 11.5 Å². The molecule has 1 aromatic heterocycles. The number of halogens is 2. The van der Waals surface area contributed by atoms with Crippen LogP contribution >= 0.6 is 0 Å². The zero-order valence-corrected chi connectivity index (χ0v) is 11.1. The fraction of sp³-hybridized carbons (Fsp3) is 0.231. The Bertz CT molecular complexity index is 669. The standard InChI is InChI=1S/C13H11F2NO5/c1-19-10-4-6(12(14)15)3-7(11(10)20-2)9-5-8(13(17)18)16-21-9/h3-5,12H,1-2H3,(H,17,18). The lowest BCUT2D eigenvalue weighted by Gasteiger charge is -2.13. The van der Waals surface area contributed by atoms with Crippen LogP contribution in [0.15, 0.2) is 22.7 Å². The molecule has 6 nitrogen and oxygen atoms in total. The van der Waals surface area contributed by atoms with Crippen LogP contribution in [0.4, 0.5) is 8.78 Å². The highest BCUT2D eigenvalue weighted by Crippen LogP contribution is 2.41. The number of alkyl halides is 2. The minimum absolute atomic E-state index is 0.00921. The zero-order valence-electron chi connectivity index (χ0n) is 11.1. The van der Waals surface area contributed by atoms with Gasteiger partial charge in [0, 0.05) is 11.6 Å². The molecule has 1 aromatic carbocycles. The molecule has 1 N–H and O–H groups in total. The van der Waals surface area contributed by atoms with Crippen LogP contribution in [-0.2, 0) is 0 Å². The molecule has 0 spiro atoms. The molecule has 0 fully saturated rings. The van der Waals surface area contributed by atoms with E-state index in [9.17, 15) is 13.6 Å². The number of nitrogens with zero attached hydrogens (tertiary/aromatic N) is 1. The second-order valence-corrected chi connectivity index (χ2v) is 3.99. The van der Waals surface area contributed by atoms with E-state index >= 15 is 0 Å². The van der Waals surface area contributed by atoms with Gasteiger partial charge in [0.15, 0.2) is 23.0 Å². The van der Waals surface area contributed by atoms with E-state index in [1.54, 1.807) is 0 Å². The number of rotatable bonds is 5. The van der Waals surface area contributed by atoms with Crippen molar-refractivity contribution >= 4 is 5.97 Å². The Labute approximate surface area is 117 Å². The van der Waals surface area contributed by atoms with Crippen molar-refractivity contribution in [2.45, 2.75) is 6.43 Å². The maximum absolute atomic E-state index is 12.9. The molecule has 0 bridgehead atoms. The predicted molar refractivity (Wildman–Crippen MR) is 67.0 cm³/mol. The Morgan fingerprint density at radius 2 is 2.00 bits per heavy atom. The Hall–Kier alpha value is -2.64. The molecular weight excluding hydrogens is 288 g/mol. The van der Waals surface area contributed by atoms with Gasteiger partial charge in [0.1, 0.15) is 0 Å². The summed E-state index contributed by atoms with van der Waals surface area (Å²) in [5.74, 6) is -1.07.